The van der Waals surface area contributed by atoms with E-state index in [2.05, 4.69) is 372 Å². The summed E-state index contributed by atoms with van der Waals surface area (Å²) < 4.78 is 0. The minimum absolute atomic E-state index is 0. The number of hydrogen-bond acceptors (Lipinski definition) is 7. The zero-order valence-electron chi connectivity index (χ0n) is 72.4. The summed E-state index contributed by atoms with van der Waals surface area (Å²) in [7, 11) is 0. The quantitative estimate of drug-likeness (QED) is 0.0761. The molecule has 0 saturated carbocycles. The van der Waals surface area contributed by atoms with Gasteiger partial charge in [0, 0.05) is 55.7 Å². The summed E-state index contributed by atoms with van der Waals surface area (Å²) in [5, 5.41) is 27.6. The smallest absolute Gasteiger partial charge is 0.868 e. The number of pyridine rings is 1. The van der Waals surface area contributed by atoms with Gasteiger partial charge in [-0.3, -0.25) is 0 Å². The molecule has 19 aromatic carbocycles. The van der Waals surface area contributed by atoms with Crippen LogP contribution in [0.3, 0.4) is 0 Å². The van der Waals surface area contributed by atoms with E-state index in [9.17, 15) is 5.11 Å². The summed E-state index contributed by atoms with van der Waals surface area (Å²) in [6.45, 7) is 9.41. The van der Waals surface area contributed by atoms with E-state index in [1.54, 1.807) is 18.3 Å². The van der Waals surface area contributed by atoms with Crippen LogP contribution in [0.4, 0.5) is 0 Å². The molecule has 0 spiro atoms. The summed E-state index contributed by atoms with van der Waals surface area (Å²) in [6, 6.07) is 144. The van der Waals surface area contributed by atoms with Crippen molar-refractivity contribution in [2.45, 2.75) is 38.5 Å². The van der Waals surface area contributed by atoms with Crippen molar-refractivity contribution >= 4 is 75.5 Å². The minimum Gasteiger partial charge on any atom is -0.868 e. The van der Waals surface area contributed by atoms with Crippen LogP contribution in [0.15, 0.2) is 413 Å². The van der Waals surface area contributed by atoms with E-state index in [-0.39, 0.29) is 61.7 Å². The Bertz CT molecular complexity index is 7710. The largest absolute Gasteiger partial charge is 1.00 e. The van der Waals surface area contributed by atoms with Crippen molar-refractivity contribution in [3.8, 4) is 141 Å². The van der Waals surface area contributed by atoms with E-state index in [0.29, 0.717) is 40.5 Å². The van der Waals surface area contributed by atoms with Crippen molar-refractivity contribution in [3.05, 3.63) is 442 Å². The predicted octanol–water partition coefficient (Wildman–Crippen LogP) is 23.1. The first-order valence-electron chi connectivity index (χ1n) is 42.6. The van der Waals surface area contributed by atoms with Crippen molar-refractivity contribution in [2.75, 3.05) is 0 Å². The molecule has 0 fully saturated rings. The maximum Gasteiger partial charge on any atom is 1.00 e. The van der Waals surface area contributed by atoms with Crippen molar-refractivity contribution in [1.29, 1.82) is 0 Å². The van der Waals surface area contributed by atoms with E-state index in [0.717, 1.165) is 83.3 Å². The summed E-state index contributed by atoms with van der Waals surface area (Å²) in [5.74, 6) is 3.93. The predicted molar refractivity (Wildman–Crippen MR) is 521 cm³/mol. The van der Waals surface area contributed by atoms with Gasteiger partial charge in [-0.05, 0) is 244 Å². The van der Waals surface area contributed by atoms with Crippen LogP contribution in [-0.4, -0.2) is 29.9 Å². The van der Waals surface area contributed by atoms with Gasteiger partial charge in [-0.2, -0.15) is 0 Å². The number of benzene rings is 19. The molecule has 128 heavy (non-hydrogen) atoms. The van der Waals surface area contributed by atoms with Crippen LogP contribution in [-0.2, 0) is 10.8 Å². The third-order valence-electron chi connectivity index (χ3n) is 25.4. The number of hydrogen-bond donors (Lipinski definition) is 0. The second-order valence-corrected chi connectivity index (χ2v) is 33.6. The van der Waals surface area contributed by atoms with Gasteiger partial charge in [-0.15, -0.1) is 0 Å². The minimum atomic E-state index is -0.288. The van der Waals surface area contributed by atoms with Gasteiger partial charge in [-0.1, -0.05) is 343 Å². The Morgan fingerprint density at radius 2 is 0.453 bits per heavy atom. The fourth-order valence-corrected chi connectivity index (χ4v) is 19.1. The van der Waals surface area contributed by atoms with Crippen molar-refractivity contribution < 1.29 is 47.8 Å². The van der Waals surface area contributed by atoms with Crippen LogP contribution < -0.4 is 47.8 Å². The van der Waals surface area contributed by atoms with E-state index in [1.807, 2.05) is 54.6 Å². The maximum absolute atomic E-state index is 11.1. The molecule has 1 N–H and O–H groups in total. The van der Waals surface area contributed by atoms with Crippen LogP contribution in [0.1, 0.15) is 49.9 Å². The molecule has 8 nitrogen and oxygen atoms in total. The van der Waals surface area contributed by atoms with Gasteiger partial charge in [0.2, 0.25) is 5.52 Å². The zero-order chi connectivity index (χ0) is 83.9. The van der Waals surface area contributed by atoms with Crippen LogP contribution in [0.25, 0.3) is 211 Å². The second kappa shape index (κ2) is 34.3. The van der Waals surface area contributed by atoms with Crippen LogP contribution in [0.2, 0.25) is 0 Å². The fourth-order valence-electron chi connectivity index (χ4n) is 19.1. The number of aromatic amines is 1. The molecule has 10 heteroatoms. The molecule has 22 aromatic rings. The van der Waals surface area contributed by atoms with Crippen molar-refractivity contribution in [2.24, 2.45) is 0 Å². The molecule has 0 radical (unpaired) electrons. The Morgan fingerprint density at radius 3 is 0.766 bits per heavy atom. The van der Waals surface area contributed by atoms with E-state index >= 15 is 0 Å². The van der Waals surface area contributed by atoms with Crippen molar-refractivity contribution in [3.63, 3.8) is 0 Å². The Labute approximate surface area is 768 Å². The fraction of sp³-hybridized carbons (Fsp3) is 0.0508. The molecule has 0 amide bonds. The number of aromatic nitrogens is 7. The summed E-state index contributed by atoms with van der Waals surface area (Å²) in [6.07, 6.45) is 1.75. The van der Waals surface area contributed by atoms with Gasteiger partial charge in [0.15, 0.2) is 41.1 Å². The van der Waals surface area contributed by atoms with Crippen LogP contribution >= 0.6 is 0 Å². The zero-order valence-corrected chi connectivity index (χ0v) is 72.4. The summed E-state index contributed by atoms with van der Waals surface area (Å²) in [4.78, 5) is 34.1. The summed E-state index contributed by atoms with van der Waals surface area (Å²) >= 11 is 0. The Hall–Kier alpha value is -14.8. The Morgan fingerprint density at radius 1 is 0.203 bits per heavy atom. The molecule has 0 bridgehead atoms. The third kappa shape index (κ3) is 15.0. The normalized spacial score (nSPS) is 12.3. The van der Waals surface area contributed by atoms with E-state index < -0.39 is 0 Å². The van der Waals surface area contributed by atoms with Gasteiger partial charge in [0.1, 0.15) is 0 Å². The third-order valence-corrected chi connectivity index (χ3v) is 25.4. The number of nitrogens with one attached hydrogen (secondary N) is 1. The van der Waals surface area contributed by atoms with Crippen LogP contribution in [0.5, 0.6) is 5.75 Å². The average Bonchev–Trinajstić information content (AvgIpc) is 1.54. The molecule has 0 atom stereocenters. The second-order valence-electron chi connectivity index (χ2n) is 33.6. The molecule has 598 valence electrons. The maximum atomic E-state index is 11.1. The van der Waals surface area contributed by atoms with E-state index in [1.165, 1.54) is 109 Å². The van der Waals surface area contributed by atoms with Gasteiger partial charge in [-0.25, -0.2) is 34.9 Å². The first-order chi connectivity index (χ1) is 61.4. The molecule has 2 aliphatic carbocycles. The molecule has 2 aliphatic rings. The molecule has 0 saturated heterocycles. The SMILES string of the molecule is CC1(C)c2cc(-c3nc(-c4cc(-c5ccccc5)cc(-c5ccccc5)c4)nc(-c4cc(-c5ccccc5)cc(-c5ccccc5)c4)n3)ccc2-c2cc3c4ccccc4c4ccccc4c3cc21.CC1(C)c2cc(-c3nc(-c4ccccc4)nc(-c4ccccc4)n3)ccc2-c2cc3c4ccccc4c4ccccc4c3cc21.[CH3-].[Li+].[Li+].[O-]c1cccc2ccc[nH+]c12. The van der Waals surface area contributed by atoms with Crippen molar-refractivity contribution in [1.82, 2.24) is 29.9 Å². The number of rotatable bonds is 10. The molecule has 3 heterocycles. The molecular formula is C118H84Li2N7O+. The van der Waals surface area contributed by atoms with Crippen LogP contribution in [0, 0.1) is 7.43 Å². The Balaban J connectivity index is 0.000000154. The van der Waals surface area contributed by atoms with E-state index in [4.69, 9.17) is 29.9 Å². The Kier molecular flexibility index (Phi) is 22.1. The average molecular weight is 1630 g/mol. The molecular weight excluding hydrogens is 1550 g/mol. The van der Waals surface area contributed by atoms with Gasteiger partial charge >= 0.3 is 37.7 Å². The number of nitrogens with zero attached hydrogens (tertiary/aromatic N) is 6. The van der Waals surface area contributed by atoms with Gasteiger partial charge in [0.25, 0.3) is 0 Å². The van der Waals surface area contributed by atoms with Gasteiger partial charge in [0.05, 0.1) is 0 Å². The summed E-state index contributed by atoms with van der Waals surface area (Å²) in [5.41, 5.74) is 25.2. The number of fused-ring (bicyclic) bond motifs is 19. The topological polar surface area (TPSA) is 115 Å². The first-order valence-corrected chi connectivity index (χ1v) is 42.6. The number of para-hydroxylation sites is 1. The molecule has 24 rings (SSSR count). The first kappa shape index (κ1) is 82.8. The number of H-pyrrole nitrogens is 1. The molecule has 3 aromatic heterocycles. The standard InChI is InChI=1S/C66H45N3.C42H29N3.C9H7NO.CH3.2Li/c1-66(2)61-39-46(31-32-57(61)60-40-58-55-29-17-15-27-53(55)54-28-16-18-30-56(54)59(58)41-62(60)66)63-67-64(51-35-47(42-19-7-3-8-20-42)33-48(36-51)43-21-9-4-10-22-43)69-65(68-63)52-37-49(44-23-11-5-12-24-44)34-50(38-52)45-25-13-6-14-26-45;1-42(2)37-23-28(41-44-39(26-13-5-3-6-14-26)43-40(45-41)27-15-7-4-8-16-27)21-22-33(37)36-24-34-31-19-11-9-17-29(31)30-18-10-12-20-32(30)35(34)25-38(36)42;11-8-5-1-3-7-4-2-6-10-9(7)8;;;/h3-41H,1-2H3;3-25H,1-2H3;1-6,11H;1H3;;/q;;;-1;2*+1. The molecule has 0 aliphatic heterocycles. The molecule has 0 unspecified atom stereocenters. The van der Waals surface area contributed by atoms with Gasteiger partial charge < -0.3 is 12.5 Å². The monoisotopic (exact) mass is 1630 g/mol.